The first-order valence-electron chi connectivity index (χ1n) is 7.60. The minimum Gasteiger partial charge on any atom is -0.333 e. The van der Waals surface area contributed by atoms with Gasteiger partial charge in [0.1, 0.15) is 0 Å². The molecule has 130 valence electrons. The lowest BCUT2D eigenvalue weighted by Crippen LogP contribution is -2.34. The molecule has 0 heterocycles. The van der Waals surface area contributed by atoms with Crippen LogP contribution in [0.5, 0.6) is 0 Å². The summed E-state index contributed by atoms with van der Waals surface area (Å²) in [5.74, 6) is -0.469. The van der Waals surface area contributed by atoms with Gasteiger partial charge in [-0.3, -0.25) is 9.59 Å². The van der Waals surface area contributed by atoms with Crippen molar-refractivity contribution in [3.05, 3.63) is 68.6 Å². The molecular weight excluding hydrogens is 448 g/mol. The Hall–Kier alpha value is -1.92. The third-order valence-electron chi connectivity index (χ3n) is 3.51. The number of amides is 2. The van der Waals surface area contributed by atoms with Crippen molar-refractivity contribution in [2.75, 3.05) is 18.9 Å². The number of halogens is 2. The van der Waals surface area contributed by atoms with Crippen LogP contribution in [-0.2, 0) is 9.59 Å². The molecule has 0 bridgehead atoms. The highest BCUT2D eigenvalue weighted by Gasteiger charge is 2.11. The van der Waals surface area contributed by atoms with Crippen molar-refractivity contribution in [2.45, 2.75) is 6.92 Å². The Morgan fingerprint density at radius 1 is 1.08 bits per heavy atom. The summed E-state index contributed by atoms with van der Waals surface area (Å²) in [6.07, 6.45) is 3.18. The maximum absolute atomic E-state index is 12.1. The van der Waals surface area contributed by atoms with Crippen LogP contribution in [0.15, 0.2) is 57.5 Å². The minimum atomic E-state index is -0.238. The Bertz CT molecular complexity index is 802. The van der Waals surface area contributed by atoms with E-state index in [4.69, 9.17) is 0 Å². The van der Waals surface area contributed by atoms with E-state index in [1.54, 1.807) is 13.1 Å². The van der Waals surface area contributed by atoms with Crippen molar-refractivity contribution < 1.29 is 9.59 Å². The number of hydrogen-bond acceptors (Lipinski definition) is 2. The van der Waals surface area contributed by atoms with E-state index < -0.39 is 0 Å². The molecule has 25 heavy (non-hydrogen) atoms. The van der Waals surface area contributed by atoms with E-state index in [-0.39, 0.29) is 18.4 Å². The standard InChI is InChI=1S/C19H18Br2N2O2/c1-13-11-16(21)8-9-17(13)22-18(24)12-23(2)19(25)10-5-14-3-6-15(20)7-4-14/h3-11H,12H2,1-2H3,(H,22,24)/b10-5+. The van der Waals surface area contributed by atoms with Crippen LogP contribution >= 0.6 is 31.9 Å². The molecule has 2 aromatic carbocycles. The van der Waals surface area contributed by atoms with Gasteiger partial charge in [0.25, 0.3) is 0 Å². The number of anilines is 1. The molecular formula is C19H18Br2N2O2. The molecule has 4 nitrogen and oxygen atoms in total. The van der Waals surface area contributed by atoms with Gasteiger partial charge in [0.05, 0.1) is 6.54 Å². The highest BCUT2D eigenvalue weighted by molar-refractivity contribution is 9.10. The fourth-order valence-electron chi connectivity index (χ4n) is 2.12. The highest BCUT2D eigenvalue weighted by atomic mass is 79.9. The lowest BCUT2D eigenvalue weighted by Gasteiger charge is -2.15. The van der Waals surface area contributed by atoms with Crippen molar-refractivity contribution >= 4 is 55.4 Å². The topological polar surface area (TPSA) is 49.4 Å². The molecule has 0 atom stereocenters. The molecule has 0 spiro atoms. The fourth-order valence-corrected chi connectivity index (χ4v) is 2.86. The molecule has 0 saturated carbocycles. The number of aryl methyl sites for hydroxylation is 1. The van der Waals surface area contributed by atoms with Crippen LogP contribution in [0.2, 0.25) is 0 Å². The molecule has 0 radical (unpaired) electrons. The van der Waals surface area contributed by atoms with Crippen molar-refractivity contribution in [3.8, 4) is 0 Å². The Morgan fingerprint density at radius 2 is 1.72 bits per heavy atom. The van der Waals surface area contributed by atoms with Crippen LogP contribution in [0.1, 0.15) is 11.1 Å². The van der Waals surface area contributed by atoms with Gasteiger partial charge in [0.15, 0.2) is 0 Å². The zero-order valence-corrected chi connectivity index (χ0v) is 17.1. The van der Waals surface area contributed by atoms with Crippen LogP contribution in [0.25, 0.3) is 6.08 Å². The quantitative estimate of drug-likeness (QED) is 0.654. The first-order chi connectivity index (χ1) is 11.8. The fraction of sp³-hybridized carbons (Fsp3) is 0.158. The van der Waals surface area contributed by atoms with Crippen LogP contribution in [0, 0.1) is 6.92 Å². The average Bonchev–Trinajstić information content (AvgIpc) is 2.56. The van der Waals surface area contributed by atoms with Crippen LogP contribution in [0.3, 0.4) is 0 Å². The molecule has 0 saturated heterocycles. The maximum atomic E-state index is 12.1. The lowest BCUT2D eigenvalue weighted by molar-refractivity contribution is -0.129. The van der Waals surface area contributed by atoms with E-state index >= 15 is 0 Å². The van der Waals surface area contributed by atoms with E-state index in [0.717, 1.165) is 25.8 Å². The van der Waals surface area contributed by atoms with Gasteiger partial charge in [0, 0.05) is 27.8 Å². The Morgan fingerprint density at radius 3 is 2.36 bits per heavy atom. The van der Waals surface area contributed by atoms with E-state index in [9.17, 15) is 9.59 Å². The second kappa shape index (κ2) is 8.97. The monoisotopic (exact) mass is 464 g/mol. The minimum absolute atomic E-state index is 0.0149. The van der Waals surface area contributed by atoms with Gasteiger partial charge in [-0.25, -0.2) is 0 Å². The number of nitrogens with zero attached hydrogens (tertiary/aromatic N) is 1. The van der Waals surface area contributed by atoms with Gasteiger partial charge in [-0.05, 0) is 54.5 Å². The summed E-state index contributed by atoms with van der Waals surface area (Å²) in [5, 5.41) is 2.82. The van der Waals surface area contributed by atoms with Crippen LogP contribution < -0.4 is 5.32 Å². The second-order valence-electron chi connectivity index (χ2n) is 5.59. The molecule has 0 aromatic heterocycles. The van der Waals surface area contributed by atoms with Gasteiger partial charge in [-0.2, -0.15) is 0 Å². The molecule has 6 heteroatoms. The van der Waals surface area contributed by atoms with E-state index in [1.807, 2.05) is 49.4 Å². The number of rotatable bonds is 5. The smallest absolute Gasteiger partial charge is 0.246 e. The first-order valence-corrected chi connectivity index (χ1v) is 9.18. The van der Waals surface area contributed by atoms with Gasteiger partial charge < -0.3 is 10.2 Å². The summed E-state index contributed by atoms with van der Waals surface area (Å²) in [7, 11) is 1.60. The zero-order valence-electron chi connectivity index (χ0n) is 13.9. The summed E-state index contributed by atoms with van der Waals surface area (Å²) in [6, 6.07) is 13.2. The van der Waals surface area contributed by atoms with Crippen LogP contribution in [-0.4, -0.2) is 30.3 Å². The van der Waals surface area contributed by atoms with Crippen molar-refractivity contribution in [2.24, 2.45) is 0 Å². The Kier molecular flexibility index (Phi) is 6.96. The zero-order chi connectivity index (χ0) is 18.4. The number of carbonyl (C=O) groups excluding carboxylic acids is 2. The number of benzene rings is 2. The van der Waals surface area contributed by atoms with Crippen molar-refractivity contribution in [1.82, 2.24) is 4.90 Å². The maximum Gasteiger partial charge on any atom is 0.246 e. The molecule has 0 aliphatic heterocycles. The number of likely N-dealkylation sites (N-methyl/N-ethyl adjacent to an activating group) is 1. The predicted octanol–water partition coefficient (Wildman–Crippen LogP) is 4.63. The van der Waals surface area contributed by atoms with Gasteiger partial charge >= 0.3 is 0 Å². The predicted molar refractivity (Wildman–Crippen MR) is 108 cm³/mol. The third-order valence-corrected chi connectivity index (χ3v) is 4.53. The van der Waals surface area contributed by atoms with Gasteiger partial charge in [-0.15, -0.1) is 0 Å². The third kappa shape index (κ3) is 6.14. The molecule has 0 unspecified atom stereocenters. The molecule has 2 rings (SSSR count). The van der Waals surface area contributed by atoms with E-state index in [1.165, 1.54) is 11.0 Å². The normalized spacial score (nSPS) is 10.7. The van der Waals surface area contributed by atoms with Gasteiger partial charge in [-0.1, -0.05) is 44.0 Å². The number of carbonyl (C=O) groups is 2. The first kappa shape index (κ1) is 19.4. The summed E-state index contributed by atoms with van der Waals surface area (Å²) in [5.41, 5.74) is 2.60. The van der Waals surface area contributed by atoms with Crippen LogP contribution in [0.4, 0.5) is 5.69 Å². The molecule has 2 amide bonds. The molecule has 0 aliphatic carbocycles. The Balaban J connectivity index is 1.91. The second-order valence-corrected chi connectivity index (χ2v) is 7.42. The van der Waals surface area contributed by atoms with Gasteiger partial charge in [0.2, 0.25) is 11.8 Å². The largest absolute Gasteiger partial charge is 0.333 e. The van der Waals surface area contributed by atoms with Crippen molar-refractivity contribution in [3.63, 3.8) is 0 Å². The summed E-state index contributed by atoms with van der Waals surface area (Å²) in [6.45, 7) is 1.90. The highest BCUT2D eigenvalue weighted by Crippen LogP contribution is 2.20. The number of nitrogens with one attached hydrogen (secondary N) is 1. The van der Waals surface area contributed by atoms with E-state index in [0.29, 0.717) is 0 Å². The lowest BCUT2D eigenvalue weighted by atomic mass is 10.2. The molecule has 1 N–H and O–H groups in total. The summed E-state index contributed by atoms with van der Waals surface area (Å²) in [4.78, 5) is 25.6. The molecule has 0 fully saturated rings. The molecule has 0 aliphatic rings. The number of hydrogen-bond donors (Lipinski definition) is 1. The Labute approximate surface area is 164 Å². The summed E-state index contributed by atoms with van der Waals surface area (Å²) >= 11 is 6.75. The summed E-state index contributed by atoms with van der Waals surface area (Å²) < 4.78 is 1.93. The molecule has 2 aromatic rings. The van der Waals surface area contributed by atoms with Crippen molar-refractivity contribution in [1.29, 1.82) is 0 Å². The van der Waals surface area contributed by atoms with E-state index in [2.05, 4.69) is 37.2 Å². The average molecular weight is 466 g/mol. The SMILES string of the molecule is Cc1cc(Br)ccc1NC(=O)CN(C)C(=O)/C=C/c1ccc(Br)cc1.